The van der Waals surface area contributed by atoms with Gasteiger partial charge in [-0.1, -0.05) is 37.6 Å². The van der Waals surface area contributed by atoms with Gasteiger partial charge in [-0.3, -0.25) is 0 Å². The number of halogens is 1. The fourth-order valence-corrected chi connectivity index (χ4v) is 1.42. The van der Waals surface area contributed by atoms with E-state index in [1.54, 1.807) is 0 Å². The third kappa shape index (κ3) is 2.10. The summed E-state index contributed by atoms with van der Waals surface area (Å²) in [6, 6.07) is 5.71. The zero-order valence-corrected chi connectivity index (χ0v) is 9.89. The van der Waals surface area contributed by atoms with Crippen LogP contribution in [0.15, 0.2) is 18.2 Å². The molecule has 78 valence electrons. The van der Waals surface area contributed by atoms with Gasteiger partial charge >= 0.3 is 0 Å². The molecule has 14 heavy (non-hydrogen) atoms. The lowest BCUT2D eigenvalue weighted by Gasteiger charge is -2.28. The first-order valence-corrected chi connectivity index (χ1v) is 5.22. The number of hydrogen-bond acceptors (Lipinski definition) is 1. The highest BCUT2D eigenvalue weighted by Gasteiger charge is 2.27. The highest BCUT2D eigenvalue weighted by atomic mass is 35.5. The third-order valence-electron chi connectivity index (χ3n) is 2.88. The fraction of sp³-hybridized carbons (Fsp3) is 0.500. The second-order valence-electron chi connectivity index (χ2n) is 4.27. The van der Waals surface area contributed by atoms with Crippen molar-refractivity contribution in [3.05, 3.63) is 34.3 Å². The van der Waals surface area contributed by atoms with Crippen molar-refractivity contribution in [2.75, 3.05) is 0 Å². The Balaban J connectivity index is 3.14. The topological polar surface area (TPSA) is 20.2 Å². The van der Waals surface area contributed by atoms with E-state index >= 15 is 0 Å². The van der Waals surface area contributed by atoms with Gasteiger partial charge in [0.1, 0.15) is 0 Å². The molecular weight excluding hydrogens is 196 g/mol. The van der Waals surface area contributed by atoms with Gasteiger partial charge in [0.15, 0.2) is 0 Å². The first-order valence-electron chi connectivity index (χ1n) is 4.84. The lowest BCUT2D eigenvalue weighted by Crippen LogP contribution is -2.27. The van der Waals surface area contributed by atoms with Gasteiger partial charge in [-0.05, 0) is 37.0 Å². The van der Waals surface area contributed by atoms with Crippen LogP contribution in [0.2, 0.25) is 5.02 Å². The summed E-state index contributed by atoms with van der Waals surface area (Å²) in [6.07, 6.45) is 0. The molecule has 1 N–H and O–H groups in total. The Morgan fingerprint density at radius 3 is 2.36 bits per heavy atom. The van der Waals surface area contributed by atoms with E-state index in [2.05, 4.69) is 0 Å². The molecule has 1 rings (SSSR count). The van der Waals surface area contributed by atoms with Crippen molar-refractivity contribution in [1.29, 1.82) is 0 Å². The summed E-state index contributed by atoms with van der Waals surface area (Å²) in [5.41, 5.74) is 1.11. The Labute approximate surface area is 90.7 Å². The first kappa shape index (κ1) is 11.5. The Morgan fingerprint density at radius 1 is 1.36 bits per heavy atom. The minimum atomic E-state index is -0.808. The Hall–Kier alpha value is -0.530. The summed E-state index contributed by atoms with van der Waals surface area (Å²) in [4.78, 5) is 0. The van der Waals surface area contributed by atoms with E-state index < -0.39 is 5.60 Å². The van der Waals surface area contributed by atoms with Crippen LogP contribution in [-0.2, 0) is 5.60 Å². The SMILES string of the molecule is Cc1ccc(C(C)(O)C(C)C)cc1Cl. The molecule has 0 saturated carbocycles. The van der Waals surface area contributed by atoms with Crippen LogP contribution in [0, 0.1) is 12.8 Å². The lowest BCUT2D eigenvalue weighted by atomic mass is 9.85. The van der Waals surface area contributed by atoms with Gasteiger partial charge in [0.2, 0.25) is 0 Å². The van der Waals surface area contributed by atoms with Crippen LogP contribution in [0.4, 0.5) is 0 Å². The molecule has 0 spiro atoms. The van der Waals surface area contributed by atoms with Crippen LogP contribution >= 0.6 is 11.6 Å². The van der Waals surface area contributed by atoms with Gasteiger partial charge in [0.25, 0.3) is 0 Å². The first-order chi connectivity index (χ1) is 6.35. The number of aliphatic hydroxyl groups is 1. The molecule has 1 nitrogen and oxygen atoms in total. The number of hydrogen-bond donors (Lipinski definition) is 1. The minimum absolute atomic E-state index is 0.168. The summed E-state index contributed by atoms with van der Waals surface area (Å²) in [5.74, 6) is 0.168. The Morgan fingerprint density at radius 2 is 1.93 bits per heavy atom. The second kappa shape index (κ2) is 3.92. The molecule has 0 aliphatic carbocycles. The van der Waals surface area contributed by atoms with Gasteiger partial charge in [-0.15, -0.1) is 0 Å². The Bertz CT molecular complexity index is 329. The Kier molecular flexibility index (Phi) is 3.23. The summed E-state index contributed by atoms with van der Waals surface area (Å²) >= 11 is 6.01. The van der Waals surface area contributed by atoms with Crippen LogP contribution in [0.25, 0.3) is 0 Å². The summed E-state index contributed by atoms with van der Waals surface area (Å²) in [6.45, 7) is 7.76. The van der Waals surface area contributed by atoms with Crippen molar-refractivity contribution in [3.63, 3.8) is 0 Å². The highest BCUT2D eigenvalue weighted by molar-refractivity contribution is 6.31. The maximum absolute atomic E-state index is 10.2. The molecule has 1 aromatic carbocycles. The predicted octanol–water partition coefficient (Wildman–Crippen LogP) is 3.51. The molecule has 0 heterocycles. The average Bonchev–Trinajstić information content (AvgIpc) is 2.09. The van der Waals surface area contributed by atoms with Crippen LogP contribution in [0.3, 0.4) is 0 Å². The van der Waals surface area contributed by atoms with Gasteiger partial charge in [-0.25, -0.2) is 0 Å². The molecule has 1 atom stereocenters. The molecule has 0 bridgehead atoms. The molecule has 0 fully saturated rings. The van der Waals surface area contributed by atoms with Crippen molar-refractivity contribution in [3.8, 4) is 0 Å². The lowest BCUT2D eigenvalue weighted by molar-refractivity contribution is 0.00905. The largest absolute Gasteiger partial charge is 0.385 e. The van der Waals surface area contributed by atoms with E-state index in [0.717, 1.165) is 11.1 Å². The van der Waals surface area contributed by atoms with E-state index in [9.17, 15) is 5.11 Å². The molecule has 0 aliphatic heterocycles. The molecule has 0 amide bonds. The predicted molar refractivity (Wildman–Crippen MR) is 60.6 cm³/mol. The van der Waals surface area contributed by atoms with Gasteiger partial charge < -0.3 is 5.11 Å². The highest BCUT2D eigenvalue weighted by Crippen LogP contribution is 2.31. The van der Waals surface area contributed by atoms with E-state index in [1.807, 2.05) is 45.9 Å². The molecule has 0 aliphatic rings. The van der Waals surface area contributed by atoms with Crippen LogP contribution < -0.4 is 0 Å². The van der Waals surface area contributed by atoms with Gasteiger partial charge in [-0.2, -0.15) is 0 Å². The van der Waals surface area contributed by atoms with E-state index in [1.165, 1.54) is 0 Å². The smallest absolute Gasteiger partial charge is 0.0891 e. The zero-order chi connectivity index (χ0) is 10.9. The summed E-state index contributed by atoms with van der Waals surface area (Å²) < 4.78 is 0. The quantitative estimate of drug-likeness (QED) is 0.796. The normalized spacial score (nSPS) is 15.6. The van der Waals surface area contributed by atoms with E-state index in [4.69, 9.17) is 11.6 Å². The second-order valence-corrected chi connectivity index (χ2v) is 4.67. The van der Waals surface area contributed by atoms with Crippen molar-refractivity contribution < 1.29 is 5.11 Å². The fourth-order valence-electron chi connectivity index (χ4n) is 1.24. The van der Waals surface area contributed by atoms with Crippen LogP contribution in [-0.4, -0.2) is 5.11 Å². The number of rotatable bonds is 2. The van der Waals surface area contributed by atoms with Gasteiger partial charge in [0, 0.05) is 5.02 Å². The van der Waals surface area contributed by atoms with E-state index in [-0.39, 0.29) is 5.92 Å². The molecule has 0 radical (unpaired) electrons. The van der Waals surface area contributed by atoms with Gasteiger partial charge in [0.05, 0.1) is 5.60 Å². The standard InChI is InChI=1S/C12H17ClO/c1-8(2)12(4,14)10-6-5-9(3)11(13)7-10/h5-8,14H,1-4H3. The average molecular weight is 213 g/mol. The monoisotopic (exact) mass is 212 g/mol. The van der Waals surface area contributed by atoms with E-state index in [0.29, 0.717) is 5.02 Å². The molecule has 1 aromatic rings. The minimum Gasteiger partial charge on any atom is -0.385 e. The number of aryl methyl sites for hydroxylation is 1. The van der Waals surface area contributed by atoms with Crippen LogP contribution in [0.5, 0.6) is 0 Å². The summed E-state index contributed by atoms with van der Waals surface area (Å²) in [7, 11) is 0. The molecule has 0 saturated heterocycles. The third-order valence-corrected chi connectivity index (χ3v) is 3.29. The summed E-state index contributed by atoms with van der Waals surface area (Å²) in [5, 5.41) is 10.9. The molecular formula is C12H17ClO. The van der Waals surface area contributed by atoms with Crippen molar-refractivity contribution in [2.24, 2.45) is 5.92 Å². The number of benzene rings is 1. The zero-order valence-electron chi connectivity index (χ0n) is 9.13. The molecule has 1 unspecified atom stereocenters. The molecule has 0 aromatic heterocycles. The molecule has 2 heteroatoms. The van der Waals surface area contributed by atoms with Crippen molar-refractivity contribution >= 4 is 11.6 Å². The van der Waals surface area contributed by atoms with Crippen molar-refractivity contribution in [2.45, 2.75) is 33.3 Å². The maximum Gasteiger partial charge on any atom is 0.0891 e. The van der Waals surface area contributed by atoms with Crippen LogP contribution in [0.1, 0.15) is 31.9 Å². The van der Waals surface area contributed by atoms with Crippen molar-refractivity contribution in [1.82, 2.24) is 0 Å². The maximum atomic E-state index is 10.2.